The molecule has 2 unspecified atom stereocenters. The van der Waals surface area contributed by atoms with E-state index in [-0.39, 0.29) is 42.5 Å². The van der Waals surface area contributed by atoms with Crippen molar-refractivity contribution in [1.82, 2.24) is 24.2 Å². The van der Waals surface area contributed by atoms with Gasteiger partial charge in [0.05, 0.1) is 30.4 Å². The summed E-state index contributed by atoms with van der Waals surface area (Å²) in [6, 6.07) is 5.78. The van der Waals surface area contributed by atoms with E-state index >= 15 is 0 Å². The molecule has 1 aliphatic rings. The molecule has 0 saturated carbocycles. The van der Waals surface area contributed by atoms with Crippen molar-refractivity contribution in [2.24, 2.45) is 0 Å². The van der Waals surface area contributed by atoms with Crippen molar-refractivity contribution >= 4 is 16.9 Å². The number of benzene rings is 1. The second-order valence-corrected chi connectivity index (χ2v) is 7.32. The molecule has 4 rings (SSSR count). The topological polar surface area (TPSA) is 82.3 Å². The molecule has 9 heteroatoms. The minimum atomic E-state index is -0.353. The Labute approximate surface area is 166 Å². The van der Waals surface area contributed by atoms with E-state index in [1.54, 1.807) is 17.0 Å². The summed E-state index contributed by atoms with van der Waals surface area (Å²) in [5.74, 6) is -0.366. The summed E-state index contributed by atoms with van der Waals surface area (Å²) in [7, 11) is 0. The van der Waals surface area contributed by atoms with Crippen molar-refractivity contribution < 1.29 is 13.9 Å². The highest BCUT2D eigenvalue weighted by Crippen LogP contribution is 2.15. The fourth-order valence-corrected chi connectivity index (χ4v) is 3.63. The number of aromatic nitrogens is 4. The van der Waals surface area contributed by atoms with Crippen LogP contribution in [0.15, 0.2) is 41.6 Å². The number of aryl methyl sites for hydroxylation is 1. The molecule has 3 heterocycles. The Hall–Kier alpha value is -3.07. The predicted molar refractivity (Wildman–Crippen MR) is 104 cm³/mol. The highest BCUT2D eigenvalue weighted by atomic mass is 19.1. The van der Waals surface area contributed by atoms with Gasteiger partial charge in [-0.2, -0.15) is 5.10 Å². The van der Waals surface area contributed by atoms with E-state index < -0.39 is 0 Å². The number of halogens is 1. The third-order valence-corrected chi connectivity index (χ3v) is 4.96. The van der Waals surface area contributed by atoms with E-state index in [4.69, 9.17) is 4.74 Å². The Morgan fingerprint density at radius 3 is 2.59 bits per heavy atom. The van der Waals surface area contributed by atoms with Crippen LogP contribution in [0.2, 0.25) is 0 Å². The van der Waals surface area contributed by atoms with Gasteiger partial charge in [0.2, 0.25) is 5.91 Å². The zero-order chi connectivity index (χ0) is 20.5. The minimum absolute atomic E-state index is 0.000685. The van der Waals surface area contributed by atoms with E-state index in [2.05, 4.69) is 10.1 Å². The number of morpholine rings is 1. The summed E-state index contributed by atoms with van der Waals surface area (Å²) in [6.07, 6.45) is 3.07. The largest absolute Gasteiger partial charge is 0.372 e. The van der Waals surface area contributed by atoms with Crippen LogP contribution in [0.4, 0.5) is 4.39 Å². The number of amides is 1. The van der Waals surface area contributed by atoms with Crippen LogP contribution in [-0.2, 0) is 16.1 Å². The van der Waals surface area contributed by atoms with Gasteiger partial charge in [0.25, 0.3) is 5.56 Å². The fraction of sp³-hybridized carbons (Fsp3) is 0.400. The number of fused-ring (bicyclic) bond motifs is 1. The summed E-state index contributed by atoms with van der Waals surface area (Å²) in [6.45, 7) is 5.23. The van der Waals surface area contributed by atoms with E-state index in [9.17, 15) is 14.0 Å². The van der Waals surface area contributed by atoms with Gasteiger partial charge in [-0.25, -0.2) is 14.1 Å². The molecule has 0 aliphatic carbocycles. The Morgan fingerprint density at radius 1 is 1.21 bits per heavy atom. The van der Waals surface area contributed by atoms with Crippen molar-refractivity contribution in [2.75, 3.05) is 13.1 Å². The molecule has 1 amide bonds. The molecule has 1 aromatic carbocycles. The Kier molecular flexibility index (Phi) is 5.14. The molecule has 29 heavy (non-hydrogen) atoms. The van der Waals surface area contributed by atoms with Gasteiger partial charge in [0.15, 0.2) is 5.65 Å². The van der Waals surface area contributed by atoms with Gasteiger partial charge in [-0.15, -0.1) is 0 Å². The predicted octanol–water partition coefficient (Wildman–Crippen LogP) is 1.75. The molecule has 1 aliphatic heterocycles. The second kappa shape index (κ2) is 7.75. The van der Waals surface area contributed by atoms with Crippen LogP contribution in [0.5, 0.6) is 0 Å². The van der Waals surface area contributed by atoms with Crippen LogP contribution in [0, 0.1) is 5.82 Å². The number of carbonyl (C=O) groups is 1. The molecular formula is C20H22FN5O3. The first-order valence-electron chi connectivity index (χ1n) is 9.54. The van der Waals surface area contributed by atoms with Crippen LogP contribution in [0.25, 0.3) is 16.7 Å². The van der Waals surface area contributed by atoms with Crippen LogP contribution >= 0.6 is 0 Å². The molecule has 0 radical (unpaired) electrons. The van der Waals surface area contributed by atoms with Crippen molar-refractivity contribution in [1.29, 1.82) is 0 Å². The lowest BCUT2D eigenvalue weighted by Gasteiger charge is -2.35. The SMILES string of the molecule is CC1CN(C(=O)CCn2cnc3c(cnn3-c3ccc(F)cc3)c2=O)CC(C)O1. The van der Waals surface area contributed by atoms with Crippen molar-refractivity contribution in [2.45, 2.75) is 39.0 Å². The molecule has 0 spiro atoms. The molecule has 3 aromatic rings. The van der Waals surface area contributed by atoms with E-state index in [0.29, 0.717) is 29.8 Å². The van der Waals surface area contributed by atoms with Gasteiger partial charge in [-0.05, 0) is 38.1 Å². The molecular weight excluding hydrogens is 377 g/mol. The van der Waals surface area contributed by atoms with Crippen LogP contribution in [0.3, 0.4) is 0 Å². The third kappa shape index (κ3) is 3.91. The molecule has 1 fully saturated rings. The van der Waals surface area contributed by atoms with Gasteiger partial charge < -0.3 is 9.64 Å². The summed E-state index contributed by atoms with van der Waals surface area (Å²) in [5.41, 5.74) is 0.733. The number of carbonyl (C=O) groups excluding carboxylic acids is 1. The van der Waals surface area contributed by atoms with E-state index in [1.807, 2.05) is 13.8 Å². The maximum Gasteiger partial charge on any atom is 0.264 e. The van der Waals surface area contributed by atoms with Crippen LogP contribution in [0.1, 0.15) is 20.3 Å². The minimum Gasteiger partial charge on any atom is -0.372 e. The molecule has 0 bridgehead atoms. The molecule has 2 atom stereocenters. The quantitative estimate of drug-likeness (QED) is 0.668. The first-order chi connectivity index (χ1) is 13.9. The van der Waals surface area contributed by atoms with Crippen LogP contribution in [-0.4, -0.2) is 55.4 Å². The standard InChI is InChI=1S/C20H22FN5O3/c1-13-10-25(11-14(2)29-13)18(27)7-8-24-12-22-19-17(20(24)28)9-23-26(19)16-5-3-15(21)4-6-16/h3-6,9,12-14H,7-8,10-11H2,1-2H3. The number of rotatable bonds is 4. The van der Waals surface area contributed by atoms with Crippen LogP contribution < -0.4 is 5.56 Å². The zero-order valence-electron chi connectivity index (χ0n) is 16.3. The second-order valence-electron chi connectivity index (χ2n) is 7.32. The first-order valence-corrected chi connectivity index (χ1v) is 9.54. The van der Waals surface area contributed by atoms with Crippen molar-refractivity contribution in [3.05, 3.63) is 53.0 Å². The summed E-state index contributed by atoms with van der Waals surface area (Å²) in [4.78, 5) is 31.4. The van der Waals surface area contributed by atoms with Gasteiger partial charge in [0, 0.05) is 26.1 Å². The summed E-state index contributed by atoms with van der Waals surface area (Å²) >= 11 is 0. The van der Waals surface area contributed by atoms with Gasteiger partial charge in [-0.3, -0.25) is 14.2 Å². The maximum absolute atomic E-state index is 13.2. The summed E-state index contributed by atoms with van der Waals surface area (Å²) in [5, 5.41) is 4.56. The smallest absolute Gasteiger partial charge is 0.264 e. The number of hydrogen-bond donors (Lipinski definition) is 0. The number of ether oxygens (including phenoxy) is 1. The number of nitrogens with zero attached hydrogens (tertiary/aromatic N) is 5. The Bertz CT molecular complexity index is 1080. The third-order valence-electron chi connectivity index (χ3n) is 4.96. The highest BCUT2D eigenvalue weighted by Gasteiger charge is 2.25. The normalized spacial score (nSPS) is 19.6. The van der Waals surface area contributed by atoms with Gasteiger partial charge in [0.1, 0.15) is 11.2 Å². The maximum atomic E-state index is 13.2. The average molecular weight is 399 g/mol. The van der Waals surface area contributed by atoms with Crippen molar-refractivity contribution in [3.8, 4) is 5.69 Å². The average Bonchev–Trinajstić information content (AvgIpc) is 3.12. The van der Waals surface area contributed by atoms with E-state index in [1.165, 1.54) is 33.9 Å². The molecule has 152 valence electrons. The lowest BCUT2D eigenvalue weighted by atomic mass is 10.2. The monoisotopic (exact) mass is 399 g/mol. The van der Waals surface area contributed by atoms with Gasteiger partial charge >= 0.3 is 0 Å². The lowest BCUT2D eigenvalue weighted by Crippen LogP contribution is -2.48. The zero-order valence-corrected chi connectivity index (χ0v) is 16.3. The lowest BCUT2D eigenvalue weighted by molar-refractivity contribution is -0.143. The highest BCUT2D eigenvalue weighted by molar-refractivity contribution is 5.77. The van der Waals surface area contributed by atoms with Crippen molar-refractivity contribution in [3.63, 3.8) is 0 Å². The number of hydrogen-bond acceptors (Lipinski definition) is 5. The first kappa shape index (κ1) is 19.3. The van der Waals surface area contributed by atoms with Gasteiger partial charge in [-0.1, -0.05) is 0 Å². The molecule has 1 saturated heterocycles. The molecule has 0 N–H and O–H groups in total. The Morgan fingerprint density at radius 2 is 1.90 bits per heavy atom. The Balaban J connectivity index is 1.52. The van der Waals surface area contributed by atoms with E-state index in [0.717, 1.165) is 0 Å². The molecule has 8 nitrogen and oxygen atoms in total. The fourth-order valence-electron chi connectivity index (χ4n) is 3.63. The molecule has 2 aromatic heterocycles. The summed E-state index contributed by atoms with van der Waals surface area (Å²) < 4.78 is 21.7.